The molecule has 5 rings (SSSR count). The highest BCUT2D eigenvalue weighted by Gasteiger charge is 2.31. The second kappa shape index (κ2) is 7.63. The summed E-state index contributed by atoms with van der Waals surface area (Å²) in [5, 5.41) is 2.88. The topological polar surface area (TPSA) is 79.4 Å². The highest BCUT2D eigenvalue weighted by Crippen LogP contribution is 2.38. The van der Waals surface area contributed by atoms with Gasteiger partial charge in [-0.1, -0.05) is 41.9 Å². The second-order valence-electron chi connectivity index (χ2n) is 7.65. The Kier molecular flexibility index (Phi) is 4.79. The fourth-order valence-electron chi connectivity index (χ4n) is 4.19. The molecule has 0 saturated carbocycles. The number of nitrogens with one attached hydrogen (secondary N) is 1. The van der Waals surface area contributed by atoms with Crippen molar-refractivity contribution < 1.29 is 14.4 Å². The SMILES string of the molecule is O=C1CCC(c2cccc(-c3ccc(N4Cc5ncccc5C4=O)cc3)c2Cl)C(=O)N1. The van der Waals surface area contributed by atoms with Gasteiger partial charge in [0.15, 0.2) is 0 Å². The lowest BCUT2D eigenvalue weighted by Gasteiger charge is -2.23. The van der Waals surface area contributed by atoms with Crippen LogP contribution in [-0.4, -0.2) is 22.7 Å². The zero-order valence-corrected chi connectivity index (χ0v) is 17.2. The first-order valence-corrected chi connectivity index (χ1v) is 10.4. The Labute approximate surface area is 183 Å². The molecule has 6 nitrogen and oxygen atoms in total. The maximum atomic E-state index is 12.7. The normalized spacial score (nSPS) is 18.2. The Balaban J connectivity index is 1.43. The van der Waals surface area contributed by atoms with Crippen LogP contribution in [-0.2, 0) is 16.1 Å². The molecule has 3 amide bonds. The zero-order valence-electron chi connectivity index (χ0n) is 16.5. The van der Waals surface area contributed by atoms with E-state index in [-0.39, 0.29) is 17.7 Å². The minimum absolute atomic E-state index is 0.0614. The molecule has 0 bridgehead atoms. The van der Waals surface area contributed by atoms with Crippen LogP contribution >= 0.6 is 11.6 Å². The van der Waals surface area contributed by atoms with Gasteiger partial charge in [0, 0.05) is 23.9 Å². The van der Waals surface area contributed by atoms with E-state index in [1.807, 2.05) is 42.5 Å². The van der Waals surface area contributed by atoms with Gasteiger partial charge in [0.1, 0.15) is 0 Å². The Morgan fingerprint density at radius 1 is 0.968 bits per heavy atom. The molecule has 31 heavy (non-hydrogen) atoms. The van der Waals surface area contributed by atoms with Gasteiger partial charge in [-0.3, -0.25) is 24.7 Å². The molecule has 0 radical (unpaired) electrons. The number of imide groups is 1. The fraction of sp³-hybridized carbons (Fsp3) is 0.167. The molecule has 2 aliphatic rings. The van der Waals surface area contributed by atoms with Gasteiger partial charge < -0.3 is 4.90 Å². The molecule has 1 atom stereocenters. The Bertz CT molecular complexity index is 1220. The number of aromatic nitrogens is 1. The van der Waals surface area contributed by atoms with Crippen LogP contribution in [0.4, 0.5) is 5.69 Å². The van der Waals surface area contributed by atoms with Gasteiger partial charge in [-0.25, -0.2) is 0 Å². The number of rotatable bonds is 3. The van der Waals surface area contributed by atoms with Crippen LogP contribution in [0.15, 0.2) is 60.8 Å². The third-order valence-corrected chi connectivity index (χ3v) is 6.23. The van der Waals surface area contributed by atoms with Crippen molar-refractivity contribution in [1.82, 2.24) is 10.3 Å². The van der Waals surface area contributed by atoms with E-state index in [9.17, 15) is 14.4 Å². The van der Waals surface area contributed by atoms with E-state index < -0.39 is 5.92 Å². The van der Waals surface area contributed by atoms with Crippen LogP contribution in [0.1, 0.15) is 40.4 Å². The Hall–Kier alpha value is -3.51. The molecule has 3 heterocycles. The highest BCUT2D eigenvalue weighted by molar-refractivity contribution is 6.34. The van der Waals surface area contributed by atoms with Gasteiger partial charge in [-0.2, -0.15) is 0 Å². The molecule has 0 aliphatic carbocycles. The van der Waals surface area contributed by atoms with Gasteiger partial charge in [0.05, 0.1) is 28.7 Å². The first-order valence-electron chi connectivity index (χ1n) is 10.0. The van der Waals surface area contributed by atoms with Crippen LogP contribution < -0.4 is 10.2 Å². The summed E-state index contributed by atoms with van der Waals surface area (Å²) >= 11 is 6.69. The standard InChI is InChI=1S/C24H18ClN3O3/c25-22-16(3-1-4-17(22)18-10-11-21(29)27-23(18)30)14-6-8-15(9-7-14)28-13-20-19(24(28)31)5-2-12-26-20/h1-9,12,18H,10-11,13H2,(H,27,29,30). The summed E-state index contributed by atoms with van der Waals surface area (Å²) < 4.78 is 0. The number of hydrogen-bond acceptors (Lipinski definition) is 4. The second-order valence-corrected chi connectivity index (χ2v) is 8.03. The van der Waals surface area contributed by atoms with Gasteiger partial charge in [-0.15, -0.1) is 0 Å². The molecule has 154 valence electrons. The number of nitrogens with zero attached hydrogens (tertiary/aromatic N) is 2. The minimum atomic E-state index is -0.447. The van der Waals surface area contributed by atoms with Crippen molar-refractivity contribution in [3.05, 3.63) is 82.6 Å². The lowest BCUT2D eigenvalue weighted by Crippen LogP contribution is -2.39. The number of anilines is 1. The van der Waals surface area contributed by atoms with E-state index in [4.69, 9.17) is 11.6 Å². The first kappa shape index (κ1) is 19.5. The lowest BCUT2D eigenvalue weighted by atomic mass is 9.88. The number of pyridine rings is 1. The summed E-state index contributed by atoms with van der Waals surface area (Å²) in [6.45, 7) is 0.445. The maximum absolute atomic E-state index is 12.7. The number of halogens is 1. The molecule has 3 aromatic rings. The van der Waals surface area contributed by atoms with Crippen molar-refractivity contribution in [2.75, 3.05) is 4.90 Å². The van der Waals surface area contributed by atoms with Crippen molar-refractivity contribution in [2.24, 2.45) is 0 Å². The molecule has 1 aromatic heterocycles. The fourth-order valence-corrected chi connectivity index (χ4v) is 4.55. The number of piperidine rings is 1. The van der Waals surface area contributed by atoms with Crippen LogP contribution in [0.3, 0.4) is 0 Å². The maximum Gasteiger partial charge on any atom is 0.260 e. The van der Waals surface area contributed by atoms with Crippen molar-refractivity contribution in [3.63, 3.8) is 0 Å². The van der Waals surface area contributed by atoms with Gasteiger partial charge >= 0.3 is 0 Å². The number of hydrogen-bond donors (Lipinski definition) is 1. The molecular weight excluding hydrogens is 414 g/mol. The predicted molar refractivity (Wildman–Crippen MR) is 117 cm³/mol. The Morgan fingerprint density at radius 3 is 2.48 bits per heavy atom. The lowest BCUT2D eigenvalue weighted by molar-refractivity contribution is -0.134. The molecule has 0 spiro atoms. The first-order chi connectivity index (χ1) is 15.0. The molecule has 7 heteroatoms. The van der Waals surface area contributed by atoms with Gasteiger partial charge in [0.25, 0.3) is 5.91 Å². The van der Waals surface area contributed by atoms with Gasteiger partial charge in [0.2, 0.25) is 11.8 Å². The summed E-state index contributed by atoms with van der Waals surface area (Å²) in [5.41, 5.74) is 4.58. The summed E-state index contributed by atoms with van der Waals surface area (Å²) in [5.74, 6) is -1.07. The predicted octanol–water partition coefficient (Wildman–Crippen LogP) is 4.08. The number of benzene rings is 2. The molecule has 1 N–H and O–H groups in total. The van der Waals surface area contributed by atoms with E-state index in [0.29, 0.717) is 35.5 Å². The summed E-state index contributed by atoms with van der Waals surface area (Å²) in [4.78, 5) is 42.4. The number of amides is 3. The molecule has 1 fully saturated rings. The highest BCUT2D eigenvalue weighted by atomic mass is 35.5. The van der Waals surface area contributed by atoms with Crippen LogP contribution in [0.5, 0.6) is 0 Å². The van der Waals surface area contributed by atoms with E-state index in [1.165, 1.54) is 0 Å². The van der Waals surface area contributed by atoms with E-state index in [2.05, 4.69) is 10.3 Å². The number of carbonyl (C=O) groups is 3. The summed E-state index contributed by atoms with van der Waals surface area (Å²) in [7, 11) is 0. The smallest absolute Gasteiger partial charge is 0.260 e. The van der Waals surface area contributed by atoms with Gasteiger partial charge in [-0.05, 0) is 41.8 Å². The van der Waals surface area contributed by atoms with E-state index in [0.717, 1.165) is 22.5 Å². The average molecular weight is 432 g/mol. The van der Waals surface area contributed by atoms with Crippen molar-refractivity contribution >= 4 is 35.0 Å². The Morgan fingerprint density at radius 2 is 1.74 bits per heavy atom. The van der Waals surface area contributed by atoms with Crippen molar-refractivity contribution in [2.45, 2.75) is 25.3 Å². The monoisotopic (exact) mass is 431 g/mol. The van der Waals surface area contributed by atoms with E-state index >= 15 is 0 Å². The molecular formula is C24H18ClN3O3. The molecule has 1 saturated heterocycles. The van der Waals surface area contributed by atoms with Crippen molar-refractivity contribution in [3.8, 4) is 11.1 Å². The van der Waals surface area contributed by atoms with Crippen LogP contribution in [0, 0.1) is 0 Å². The molecule has 2 aliphatic heterocycles. The quantitative estimate of drug-likeness (QED) is 0.633. The molecule has 1 unspecified atom stereocenters. The third-order valence-electron chi connectivity index (χ3n) is 5.81. The van der Waals surface area contributed by atoms with Crippen molar-refractivity contribution in [1.29, 1.82) is 0 Å². The minimum Gasteiger partial charge on any atom is -0.302 e. The summed E-state index contributed by atoms with van der Waals surface area (Å²) in [6.07, 6.45) is 2.43. The number of carbonyl (C=O) groups excluding carboxylic acids is 3. The third kappa shape index (κ3) is 3.39. The van der Waals surface area contributed by atoms with E-state index in [1.54, 1.807) is 23.2 Å². The number of fused-ring (bicyclic) bond motifs is 1. The van der Waals surface area contributed by atoms with Crippen LogP contribution in [0.2, 0.25) is 5.02 Å². The summed E-state index contributed by atoms with van der Waals surface area (Å²) in [6, 6.07) is 16.7. The zero-order chi connectivity index (χ0) is 21.5. The average Bonchev–Trinajstić information content (AvgIpc) is 3.11. The largest absolute Gasteiger partial charge is 0.302 e. The van der Waals surface area contributed by atoms with Crippen LogP contribution in [0.25, 0.3) is 11.1 Å². The molecule has 2 aromatic carbocycles.